The van der Waals surface area contributed by atoms with Crippen molar-refractivity contribution < 1.29 is 14.3 Å². The number of rotatable bonds is 5. The molecule has 0 unspecified atom stereocenters. The second kappa shape index (κ2) is 8.74. The molecule has 0 aliphatic carbocycles. The van der Waals surface area contributed by atoms with Crippen LogP contribution in [0.5, 0.6) is 0 Å². The van der Waals surface area contributed by atoms with E-state index in [1.807, 2.05) is 0 Å². The Kier molecular flexibility index (Phi) is 8.22. The van der Waals surface area contributed by atoms with Gasteiger partial charge in [-0.25, -0.2) is 4.79 Å². The van der Waals surface area contributed by atoms with Crippen molar-refractivity contribution in [2.24, 2.45) is 0 Å². The molecule has 1 amide bonds. The van der Waals surface area contributed by atoms with E-state index >= 15 is 0 Å². The topological polar surface area (TPSA) is 47.6 Å². The highest BCUT2D eigenvalue weighted by atomic mass is 32.1. The summed E-state index contributed by atoms with van der Waals surface area (Å²) in [5.74, 6) is 0. The molecule has 0 aromatic heterocycles. The Labute approximate surface area is 90.0 Å². The van der Waals surface area contributed by atoms with Gasteiger partial charge in [0.2, 0.25) is 0 Å². The van der Waals surface area contributed by atoms with Crippen LogP contribution in [0.1, 0.15) is 33.1 Å². The van der Waals surface area contributed by atoms with Crippen molar-refractivity contribution >= 4 is 23.5 Å². The first-order valence-corrected chi connectivity index (χ1v) is 5.22. The van der Waals surface area contributed by atoms with Crippen molar-refractivity contribution in [1.29, 1.82) is 0 Å². The molecular weight excluding hydrogens is 202 g/mol. The Morgan fingerprint density at radius 1 is 1.29 bits per heavy atom. The lowest BCUT2D eigenvalue weighted by atomic mass is 10.3. The fourth-order valence-corrected chi connectivity index (χ4v) is 0.970. The summed E-state index contributed by atoms with van der Waals surface area (Å²) in [7, 11) is 0. The van der Waals surface area contributed by atoms with E-state index in [9.17, 15) is 4.79 Å². The third-order valence-corrected chi connectivity index (χ3v) is 1.68. The van der Waals surface area contributed by atoms with Crippen LogP contribution in [0.4, 0.5) is 4.79 Å². The van der Waals surface area contributed by atoms with Gasteiger partial charge in [0.05, 0.1) is 13.2 Å². The molecule has 0 fully saturated rings. The maximum atomic E-state index is 10.8. The molecule has 0 bridgehead atoms. The van der Waals surface area contributed by atoms with E-state index < -0.39 is 6.09 Å². The SMILES string of the molecule is CCCCCOC(=S)NC(=O)OCC. The first kappa shape index (κ1) is 13.2. The Bertz CT molecular complexity index is 185. The van der Waals surface area contributed by atoms with Crippen molar-refractivity contribution in [2.45, 2.75) is 33.1 Å². The van der Waals surface area contributed by atoms with E-state index in [-0.39, 0.29) is 5.17 Å². The number of hydrogen-bond donors (Lipinski definition) is 1. The third-order valence-electron chi connectivity index (χ3n) is 1.46. The number of hydrogen-bond acceptors (Lipinski definition) is 4. The number of thiocarbonyl (C=S) groups is 1. The summed E-state index contributed by atoms with van der Waals surface area (Å²) in [5, 5.41) is 2.39. The van der Waals surface area contributed by atoms with Gasteiger partial charge < -0.3 is 9.47 Å². The average molecular weight is 219 g/mol. The quantitative estimate of drug-likeness (QED) is 0.569. The first-order valence-electron chi connectivity index (χ1n) is 4.81. The molecule has 0 aliphatic rings. The van der Waals surface area contributed by atoms with Gasteiger partial charge in [-0.05, 0) is 25.6 Å². The second-order valence-electron chi connectivity index (χ2n) is 2.69. The number of carbonyl (C=O) groups is 1. The molecule has 1 N–H and O–H groups in total. The first-order chi connectivity index (χ1) is 6.70. The normalized spacial score (nSPS) is 9.29. The van der Waals surface area contributed by atoms with E-state index in [2.05, 4.69) is 17.0 Å². The lowest BCUT2D eigenvalue weighted by Gasteiger charge is -2.07. The molecule has 0 heterocycles. The van der Waals surface area contributed by atoms with E-state index in [4.69, 9.17) is 17.0 Å². The summed E-state index contributed by atoms with van der Waals surface area (Å²) < 4.78 is 9.70. The van der Waals surface area contributed by atoms with Gasteiger partial charge in [0.1, 0.15) is 0 Å². The largest absolute Gasteiger partial charge is 0.471 e. The zero-order valence-electron chi connectivity index (χ0n) is 8.67. The second-order valence-corrected chi connectivity index (χ2v) is 3.06. The lowest BCUT2D eigenvalue weighted by molar-refractivity contribution is 0.154. The van der Waals surface area contributed by atoms with Gasteiger partial charge in [0.15, 0.2) is 0 Å². The molecule has 0 atom stereocenters. The molecule has 0 aromatic carbocycles. The minimum absolute atomic E-state index is 0.0829. The van der Waals surface area contributed by atoms with Crippen LogP contribution in [0, 0.1) is 0 Å². The molecule has 0 spiro atoms. The summed E-state index contributed by atoms with van der Waals surface area (Å²) in [6.07, 6.45) is 2.61. The molecule has 0 radical (unpaired) electrons. The highest BCUT2D eigenvalue weighted by molar-refractivity contribution is 7.80. The highest BCUT2D eigenvalue weighted by Crippen LogP contribution is 1.94. The number of ether oxygens (including phenoxy) is 2. The zero-order valence-corrected chi connectivity index (χ0v) is 9.49. The van der Waals surface area contributed by atoms with Crippen LogP contribution in [0.15, 0.2) is 0 Å². The van der Waals surface area contributed by atoms with Crippen molar-refractivity contribution in [1.82, 2.24) is 5.32 Å². The predicted molar refractivity (Wildman–Crippen MR) is 58.2 cm³/mol. The van der Waals surface area contributed by atoms with Crippen molar-refractivity contribution in [3.63, 3.8) is 0 Å². The van der Waals surface area contributed by atoms with Crippen molar-refractivity contribution in [2.75, 3.05) is 13.2 Å². The van der Waals surface area contributed by atoms with Crippen molar-refractivity contribution in [3.05, 3.63) is 0 Å². The van der Waals surface area contributed by atoms with Crippen LogP contribution in [0.25, 0.3) is 0 Å². The molecule has 5 heteroatoms. The van der Waals surface area contributed by atoms with Crippen LogP contribution in [0.3, 0.4) is 0 Å². The fraction of sp³-hybridized carbons (Fsp3) is 0.778. The van der Waals surface area contributed by atoms with Gasteiger partial charge in [-0.1, -0.05) is 19.8 Å². The fourth-order valence-electron chi connectivity index (χ4n) is 0.804. The Hall–Kier alpha value is -0.840. The number of carbonyl (C=O) groups excluding carboxylic acids is 1. The number of amides is 1. The maximum Gasteiger partial charge on any atom is 0.414 e. The van der Waals surface area contributed by atoms with Crippen LogP contribution in [-0.4, -0.2) is 24.5 Å². The Morgan fingerprint density at radius 2 is 2.00 bits per heavy atom. The molecular formula is C9H17NO3S. The molecule has 14 heavy (non-hydrogen) atoms. The van der Waals surface area contributed by atoms with Crippen molar-refractivity contribution in [3.8, 4) is 0 Å². The third kappa shape index (κ3) is 7.79. The molecule has 0 saturated carbocycles. The van der Waals surface area contributed by atoms with Gasteiger partial charge in [-0.15, -0.1) is 0 Å². The van der Waals surface area contributed by atoms with E-state index in [0.717, 1.165) is 19.3 Å². The molecule has 0 aromatic rings. The van der Waals surface area contributed by atoms with Gasteiger partial charge in [-0.3, -0.25) is 5.32 Å². The van der Waals surface area contributed by atoms with Crippen LogP contribution in [0.2, 0.25) is 0 Å². The molecule has 82 valence electrons. The monoisotopic (exact) mass is 219 g/mol. The molecule has 4 nitrogen and oxygen atoms in total. The summed E-state index contributed by atoms with van der Waals surface area (Å²) >= 11 is 4.76. The number of nitrogens with one attached hydrogen (secondary N) is 1. The highest BCUT2D eigenvalue weighted by Gasteiger charge is 2.04. The number of unbranched alkanes of at least 4 members (excludes halogenated alkanes) is 2. The van der Waals surface area contributed by atoms with E-state index in [0.29, 0.717) is 13.2 Å². The predicted octanol–water partition coefficient (Wildman–Crippen LogP) is 2.22. The average Bonchev–Trinajstić information content (AvgIpc) is 2.13. The molecule has 0 saturated heterocycles. The summed E-state index contributed by atoms with van der Waals surface area (Å²) in [6.45, 7) is 4.70. The molecule has 0 rings (SSSR count). The van der Waals surface area contributed by atoms with Gasteiger partial charge >= 0.3 is 6.09 Å². The van der Waals surface area contributed by atoms with E-state index in [1.54, 1.807) is 6.92 Å². The summed E-state index contributed by atoms with van der Waals surface area (Å²) in [6, 6.07) is 0. The smallest absolute Gasteiger partial charge is 0.414 e. The zero-order chi connectivity index (χ0) is 10.8. The van der Waals surface area contributed by atoms with Crippen LogP contribution < -0.4 is 5.32 Å². The minimum Gasteiger partial charge on any atom is -0.471 e. The van der Waals surface area contributed by atoms with Gasteiger partial charge in [-0.2, -0.15) is 0 Å². The van der Waals surface area contributed by atoms with Gasteiger partial charge in [0, 0.05) is 0 Å². The van der Waals surface area contributed by atoms with Crippen LogP contribution in [-0.2, 0) is 9.47 Å². The summed E-state index contributed by atoms with van der Waals surface area (Å²) in [4.78, 5) is 10.8. The standard InChI is InChI=1S/C9H17NO3S/c1-3-5-6-7-13-9(14)10-8(11)12-4-2/h3-7H2,1-2H3,(H,10,11,14). The molecule has 0 aliphatic heterocycles. The Morgan fingerprint density at radius 3 is 2.57 bits per heavy atom. The number of alkyl carbamates (subject to hydrolysis) is 1. The minimum atomic E-state index is -0.562. The maximum absolute atomic E-state index is 10.8. The van der Waals surface area contributed by atoms with Gasteiger partial charge in [0.25, 0.3) is 5.17 Å². The van der Waals surface area contributed by atoms with E-state index in [1.165, 1.54) is 0 Å². The Balaban J connectivity index is 3.40. The summed E-state index contributed by atoms with van der Waals surface area (Å²) in [5.41, 5.74) is 0. The lowest BCUT2D eigenvalue weighted by Crippen LogP contribution is -2.31. The van der Waals surface area contributed by atoms with Crippen LogP contribution >= 0.6 is 12.2 Å².